The maximum Gasteiger partial charge on any atom is 0.367 e. The molecule has 3 aromatic rings. The lowest BCUT2D eigenvalue weighted by atomic mass is 10.1. The van der Waals surface area contributed by atoms with Crippen molar-refractivity contribution >= 4 is 45.8 Å². The Kier molecular flexibility index (Phi) is 5.25. The standard InChI is InChI=1S/C17H13ClN2O4S/c1-2-23-17(22)15-19-10(9-25-15)8-24-16(21)12-7-14(18)20-13-6-4-3-5-11(12)13/h3-7,9H,2,8H2,1H3. The fraction of sp³-hybridized carbons (Fsp3) is 0.176. The van der Waals surface area contributed by atoms with Crippen LogP contribution in [0, 0.1) is 0 Å². The van der Waals surface area contributed by atoms with Crippen LogP contribution in [-0.4, -0.2) is 28.5 Å². The van der Waals surface area contributed by atoms with Gasteiger partial charge in [-0.1, -0.05) is 29.8 Å². The zero-order valence-corrected chi connectivity index (χ0v) is 14.8. The first kappa shape index (κ1) is 17.3. The molecule has 0 aliphatic carbocycles. The van der Waals surface area contributed by atoms with Crippen LogP contribution in [0.2, 0.25) is 5.15 Å². The fourth-order valence-corrected chi connectivity index (χ4v) is 3.08. The highest BCUT2D eigenvalue weighted by Gasteiger charge is 2.16. The molecule has 0 atom stereocenters. The van der Waals surface area contributed by atoms with Gasteiger partial charge >= 0.3 is 11.9 Å². The highest BCUT2D eigenvalue weighted by Crippen LogP contribution is 2.22. The lowest BCUT2D eigenvalue weighted by Gasteiger charge is -2.07. The molecule has 0 aliphatic rings. The first-order valence-corrected chi connectivity index (χ1v) is 8.68. The highest BCUT2D eigenvalue weighted by atomic mass is 35.5. The van der Waals surface area contributed by atoms with E-state index in [-0.39, 0.29) is 23.4 Å². The van der Waals surface area contributed by atoms with Crippen LogP contribution in [0.4, 0.5) is 0 Å². The minimum atomic E-state index is -0.536. The first-order valence-electron chi connectivity index (χ1n) is 7.42. The van der Waals surface area contributed by atoms with Crippen LogP contribution < -0.4 is 0 Å². The van der Waals surface area contributed by atoms with Crippen molar-refractivity contribution < 1.29 is 19.1 Å². The molecule has 1 aromatic carbocycles. The second-order valence-electron chi connectivity index (χ2n) is 4.95. The predicted octanol–water partition coefficient (Wildman–Crippen LogP) is 3.88. The van der Waals surface area contributed by atoms with Crippen LogP contribution in [-0.2, 0) is 16.1 Å². The molecule has 0 amide bonds. The molecule has 0 saturated carbocycles. The van der Waals surface area contributed by atoms with E-state index in [2.05, 4.69) is 9.97 Å². The van der Waals surface area contributed by atoms with Gasteiger partial charge in [0, 0.05) is 10.8 Å². The number of ether oxygens (including phenoxy) is 2. The molecule has 128 valence electrons. The molecule has 2 heterocycles. The number of hydrogen-bond donors (Lipinski definition) is 0. The predicted molar refractivity (Wildman–Crippen MR) is 93.9 cm³/mol. The number of hydrogen-bond acceptors (Lipinski definition) is 7. The molecule has 0 spiro atoms. The number of fused-ring (bicyclic) bond motifs is 1. The topological polar surface area (TPSA) is 78.4 Å². The van der Waals surface area contributed by atoms with Crippen molar-refractivity contribution in [3.63, 3.8) is 0 Å². The molecule has 0 N–H and O–H groups in total. The Morgan fingerprint density at radius 3 is 2.76 bits per heavy atom. The van der Waals surface area contributed by atoms with Gasteiger partial charge in [-0.25, -0.2) is 19.6 Å². The van der Waals surface area contributed by atoms with Crippen molar-refractivity contribution in [2.24, 2.45) is 0 Å². The zero-order chi connectivity index (χ0) is 17.8. The second kappa shape index (κ2) is 7.58. The van der Waals surface area contributed by atoms with Crippen LogP contribution >= 0.6 is 22.9 Å². The Morgan fingerprint density at radius 1 is 1.16 bits per heavy atom. The number of para-hydroxylation sites is 1. The average molecular weight is 377 g/mol. The molecule has 0 saturated heterocycles. The Bertz CT molecular complexity index is 941. The van der Waals surface area contributed by atoms with Gasteiger partial charge in [0.15, 0.2) is 0 Å². The summed E-state index contributed by atoms with van der Waals surface area (Å²) in [5.41, 5.74) is 1.42. The third-order valence-electron chi connectivity index (χ3n) is 3.26. The summed E-state index contributed by atoms with van der Waals surface area (Å²) < 4.78 is 10.2. The van der Waals surface area contributed by atoms with Gasteiger partial charge in [-0.2, -0.15) is 0 Å². The molecular formula is C17H13ClN2O4S. The molecule has 0 bridgehead atoms. The summed E-state index contributed by atoms with van der Waals surface area (Å²) in [4.78, 5) is 32.3. The van der Waals surface area contributed by atoms with Gasteiger partial charge in [-0.3, -0.25) is 0 Å². The summed E-state index contributed by atoms with van der Waals surface area (Å²) >= 11 is 7.11. The van der Waals surface area contributed by atoms with E-state index >= 15 is 0 Å². The fourth-order valence-electron chi connectivity index (χ4n) is 2.19. The van der Waals surface area contributed by atoms with E-state index in [9.17, 15) is 9.59 Å². The summed E-state index contributed by atoms with van der Waals surface area (Å²) in [6.45, 7) is 1.94. The van der Waals surface area contributed by atoms with Gasteiger partial charge in [0.1, 0.15) is 11.8 Å². The summed E-state index contributed by atoms with van der Waals surface area (Å²) in [6, 6.07) is 8.63. The number of esters is 2. The molecule has 2 aromatic heterocycles. The third kappa shape index (κ3) is 3.94. The number of thiazole rings is 1. The second-order valence-corrected chi connectivity index (χ2v) is 6.20. The SMILES string of the molecule is CCOC(=O)c1nc(COC(=O)c2cc(Cl)nc3ccccc23)cs1. The molecule has 0 fully saturated rings. The number of benzene rings is 1. The molecule has 0 unspecified atom stereocenters. The van der Waals surface area contributed by atoms with Crippen molar-refractivity contribution in [2.75, 3.05) is 6.61 Å². The van der Waals surface area contributed by atoms with Gasteiger partial charge in [-0.15, -0.1) is 11.3 Å². The van der Waals surface area contributed by atoms with Gasteiger partial charge in [0.05, 0.1) is 23.4 Å². The van der Waals surface area contributed by atoms with Gasteiger partial charge in [0.25, 0.3) is 0 Å². The van der Waals surface area contributed by atoms with E-state index in [1.54, 1.807) is 30.5 Å². The number of halogens is 1. The Balaban J connectivity index is 1.74. The minimum absolute atomic E-state index is 0.0526. The van der Waals surface area contributed by atoms with Gasteiger partial charge < -0.3 is 9.47 Å². The number of carbonyl (C=O) groups excluding carboxylic acids is 2. The maximum absolute atomic E-state index is 12.4. The molecule has 6 nitrogen and oxygen atoms in total. The van der Waals surface area contributed by atoms with Crippen molar-refractivity contribution in [1.82, 2.24) is 9.97 Å². The van der Waals surface area contributed by atoms with E-state index in [1.807, 2.05) is 6.07 Å². The van der Waals surface area contributed by atoms with Gasteiger partial charge in [-0.05, 0) is 19.1 Å². The lowest BCUT2D eigenvalue weighted by molar-refractivity contribution is 0.0470. The van der Waals surface area contributed by atoms with Gasteiger partial charge in [0.2, 0.25) is 5.01 Å². The number of pyridine rings is 1. The van der Waals surface area contributed by atoms with Crippen molar-refractivity contribution in [2.45, 2.75) is 13.5 Å². The van der Waals surface area contributed by atoms with Crippen molar-refractivity contribution in [1.29, 1.82) is 0 Å². The van der Waals surface area contributed by atoms with Crippen LogP contribution in [0.3, 0.4) is 0 Å². The van der Waals surface area contributed by atoms with Crippen LogP contribution in [0.5, 0.6) is 0 Å². The monoisotopic (exact) mass is 376 g/mol. The third-order valence-corrected chi connectivity index (χ3v) is 4.32. The summed E-state index contributed by atoms with van der Waals surface area (Å²) in [5, 5.41) is 2.74. The van der Waals surface area contributed by atoms with E-state index in [0.29, 0.717) is 22.2 Å². The number of rotatable bonds is 5. The van der Waals surface area contributed by atoms with E-state index in [0.717, 1.165) is 11.3 Å². The van der Waals surface area contributed by atoms with E-state index < -0.39 is 11.9 Å². The quantitative estimate of drug-likeness (QED) is 0.496. The molecule has 0 radical (unpaired) electrons. The van der Waals surface area contributed by atoms with Crippen LogP contribution in [0.15, 0.2) is 35.7 Å². The normalized spacial score (nSPS) is 10.6. The Labute approximate surface area is 152 Å². The zero-order valence-electron chi connectivity index (χ0n) is 13.2. The number of nitrogens with zero attached hydrogens (tertiary/aromatic N) is 2. The molecule has 25 heavy (non-hydrogen) atoms. The smallest absolute Gasteiger partial charge is 0.367 e. The van der Waals surface area contributed by atoms with E-state index in [1.165, 1.54) is 6.07 Å². The first-order chi connectivity index (χ1) is 12.1. The average Bonchev–Trinajstić information content (AvgIpc) is 3.08. The van der Waals surface area contributed by atoms with Crippen molar-refractivity contribution in [3.05, 3.63) is 57.1 Å². The number of carbonyl (C=O) groups is 2. The summed E-state index contributed by atoms with van der Waals surface area (Å²) in [7, 11) is 0. The molecule has 0 aliphatic heterocycles. The number of aromatic nitrogens is 2. The van der Waals surface area contributed by atoms with Crippen LogP contribution in [0.25, 0.3) is 10.9 Å². The highest BCUT2D eigenvalue weighted by molar-refractivity contribution is 7.11. The molecule has 8 heteroatoms. The van der Waals surface area contributed by atoms with Crippen molar-refractivity contribution in [3.8, 4) is 0 Å². The Hall–Kier alpha value is -2.51. The molecule has 3 rings (SSSR count). The maximum atomic E-state index is 12.4. The summed E-state index contributed by atoms with van der Waals surface area (Å²) in [5.74, 6) is -1.02. The van der Waals surface area contributed by atoms with Crippen LogP contribution in [0.1, 0.15) is 32.8 Å². The summed E-state index contributed by atoms with van der Waals surface area (Å²) in [6.07, 6.45) is 0. The minimum Gasteiger partial charge on any atom is -0.461 e. The largest absolute Gasteiger partial charge is 0.461 e. The molecular weight excluding hydrogens is 364 g/mol. The Morgan fingerprint density at radius 2 is 1.96 bits per heavy atom. The van der Waals surface area contributed by atoms with E-state index in [4.69, 9.17) is 21.1 Å². The lowest BCUT2D eigenvalue weighted by Crippen LogP contribution is -2.08.